The maximum atomic E-state index is 12.6. The van der Waals surface area contributed by atoms with Gasteiger partial charge in [0.15, 0.2) is 0 Å². The fraction of sp³-hybridized carbons (Fsp3) is 0.611. The number of benzene rings is 1. The number of hydrogen-bond donors (Lipinski definition) is 1. The highest BCUT2D eigenvalue weighted by molar-refractivity contribution is 5.85. The van der Waals surface area contributed by atoms with Crippen molar-refractivity contribution in [2.45, 2.75) is 39.7 Å². The van der Waals surface area contributed by atoms with Crippen LogP contribution in [0, 0.1) is 17.8 Å². The molecule has 0 bridgehead atoms. The SMILES string of the molecule is CC(C)C1CCN(C(=O)C(C)C(N)c2ccccc2)CC1.Cl. The molecule has 1 aliphatic rings. The van der Waals surface area contributed by atoms with Gasteiger partial charge in [0, 0.05) is 19.1 Å². The molecule has 0 aliphatic carbocycles. The Balaban J connectivity index is 0.00000242. The van der Waals surface area contributed by atoms with Gasteiger partial charge in [-0.2, -0.15) is 0 Å². The molecule has 2 rings (SSSR count). The lowest BCUT2D eigenvalue weighted by molar-refractivity contribution is -0.137. The Labute approximate surface area is 140 Å². The van der Waals surface area contributed by atoms with E-state index in [1.54, 1.807) is 0 Å². The minimum atomic E-state index is -0.221. The summed E-state index contributed by atoms with van der Waals surface area (Å²) >= 11 is 0. The van der Waals surface area contributed by atoms with Crippen molar-refractivity contribution in [2.24, 2.45) is 23.5 Å². The van der Waals surface area contributed by atoms with Crippen LogP contribution in [0.4, 0.5) is 0 Å². The Hall–Kier alpha value is -1.06. The largest absolute Gasteiger partial charge is 0.342 e. The standard InChI is InChI=1S/C18H28N2O.ClH/c1-13(2)15-9-11-20(12-10-15)18(21)14(3)17(19)16-7-5-4-6-8-16;/h4-8,13-15,17H,9-12,19H2,1-3H3;1H. The quantitative estimate of drug-likeness (QED) is 0.919. The zero-order valence-corrected chi connectivity index (χ0v) is 14.7. The highest BCUT2D eigenvalue weighted by atomic mass is 35.5. The lowest BCUT2D eigenvalue weighted by Crippen LogP contribution is -2.44. The summed E-state index contributed by atoms with van der Waals surface area (Å²) in [6.07, 6.45) is 2.24. The predicted octanol–water partition coefficient (Wildman–Crippen LogP) is 3.64. The molecule has 2 atom stereocenters. The summed E-state index contributed by atoms with van der Waals surface area (Å²) in [4.78, 5) is 14.6. The van der Waals surface area contributed by atoms with Gasteiger partial charge >= 0.3 is 0 Å². The summed E-state index contributed by atoms with van der Waals surface area (Å²) in [5.74, 6) is 1.51. The summed E-state index contributed by atoms with van der Waals surface area (Å²) in [6, 6.07) is 9.70. The molecular formula is C18H29ClN2O. The van der Waals surface area contributed by atoms with Gasteiger partial charge in [-0.05, 0) is 30.2 Å². The Morgan fingerprint density at radius 3 is 2.18 bits per heavy atom. The van der Waals surface area contributed by atoms with Crippen LogP contribution in [-0.2, 0) is 4.79 Å². The van der Waals surface area contributed by atoms with E-state index in [4.69, 9.17) is 5.73 Å². The molecule has 0 aromatic heterocycles. The zero-order valence-electron chi connectivity index (χ0n) is 13.9. The monoisotopic (exact) mass is 324 g/mol. The zero-order chi connectivity index (χ0) is 15.4. The van der Waals surface area contributed by atoms with E-state index in [0.717, 1.165) is 37.4 Å². The van der Waals surface area contributed by atoms with Crippen LogP contribution in [0.1, 0.15) is 45.2 Å². The van der Waals surface area contributed by atoms with E-state index in [1.807, 2.05) is 42.2 Å². The van der Waals surface area contributed by atoms with Crippen LogP contribution in [0.15, 0.2) is 30.3 Å². The number of likely N-dealkylation sites (tertiary alicyclic amines) is 1. The predicted molar refractivity (Wildman–Crippen MR) is 93.9 cm³/mol. The smallest absolute Gasteiger partial charge is 0.227 e. The number of rotatable bonds is 4. The fourth-order valence-corrected chi connectivity index (χ4v) is 3.19. The van der Waals surface area contributed by atoms with Crippen molar-refractivity contribution in [3.63, 3.8) is 0 Å². The van der Waals surface area contributed by atoms with Gasteiger partial charge in [-0.25, -0.2) is 0 Å². The van der Waals surface area contributed by atoms with Crippen LogP contribution in [0.25, 0.3) is 0 Å². The Morgan fingerprint density at radius 1 is 1.14 bits per heavy atom. The van der Waals surface area contributed by atoms with Gasteiger partial charge in [0.2, 0.25) is 5.91 Å². The maximum Gasteiger partial charge on any atom is 0.227 e. The first-order valence-electron chi connectivity index (χ1n) is 8.10. The maximum absolute atomic E-state index is 12.6. The van der Waals surface area contributed by atoms with Crippen molar-refractivity contribution >= 4 is 18.3 Å². The molecule has 124 valence electrons. The molecule has 22 heavy (non-hydrogen) atoms. The second-order valence-electron chi connectivity index (χ2n) is 6.63. The normalized spacial score (nSPS) is 18.7. The van der Waals surface area contributed by atoms with Gasteiger partial charge < -0.3 is 10.6 Å². The first kappa shape index (κ1) is 19.0. The molecule has 1 aromatic rings. The summed E-state index contributed by atoms with van der Waals surface area (Å²) in [5, 5.41) is 0. The van der Waals surface area contributed by atoms with Crippen molar-refractivity contribution in [1.82, 2.24) is 4.90 Å². The molecule has 1 fully saturated rings. The van der Waals surface area contributed by atoms with Crippen molar-refractivity contribution in [2.75, 3.05) is 13.1 Å². The molecule has 1 aromatic carbocycles. The number of piperidine rings is 1. The van der Waals surface area contributed by atoms with Crippen molar-refractivity contribution in [3.05, 3.63) is 35.9 Å². The fourth-order valence-electron chi connectivity index (χ4n) is 3.19. The molecule has 1 aliphatic heterocycles. The second-order valence-corrected chi connectivity index (χ2v) is 6.63. The number of carbonyl (C=O) groups is 1. The van der Waals surface area contributed by atoms with Gasteiger partial charge in [-0.1, -0.05) is 51.1 Å². The number of amides is 1. The average molecular weight is 325 g/mol. The minimum Gasteiger partial charge on any atom is -0.342 e. The van der Waals surface area contributed by atoms with Gasteiger partial charge in [0.25, 0.3) is 0 Å². The Morgan fingerprint density at radius 2 is 1.68 bits per heavy atom. The molecule has 1 amide bonds. The van der Waals surface area contributed by atoms with Crippen molar-refractivity contribution < 1.29 is 4.79 Å². The van der Waals surface area contributed by atoms with Crippen LogP contribution in [0.5, 0.6) is 0 Å². The molecule has 3 nitrogen and oxygen atoms in total. The number of nitrogens with two attached hydrogens (primary N) is 1. The number of carbonyl (C=O) groups excluding carboxylic acids is 1. The second kappa shape index (κ2) is 8.54. The van der Waals surface area contributed by atoms with Crippen molar-refractivity contribution in [1.29, 1.82) is 0 Å². The van der Waals surface area contributed by atoms with E-state index in [-0.39, 0.29) is 30.3 Å². The average Bonchev–Trinajstić information content (AvgIpc) is 2.53. The lowest BCUT2D eigenvalue weighted by atomic mass is 9.86. The number of hydrogen-bond acceptors (Lipinski definition) is 2. The van der Waals surface area contributed by atoms with Gasteiger partial charge in [0.1, 0.15) is 0 Å². The summed E-state index contributed by atoms with van der Waals surface area (Å²) in [5.41, 5.74) is 7.31. The van der Waals surface area contributed by atoms with Crippen LogP contribution >= 0.6 is 12.4 Å². The molecule has 1 heterocycles. The van der Waals surface area contributed by atoms with E-state index in [1.165, 1.54) is 0 Å². The first-order valence-corrected chi connectivity index (χ1v) is 8.10. The van der Waals surface area contributed by atoms with Gasteiger partial charge in [0.05, 0.1) is 5.92 Å². The van der Waals surface area contributed by atoms with Crippen LogP contribution in [0.3, 0.4) is 0 Å². The molecule has 0 saturated carbocycles. The Kier molecular flexibility index (Phi) is 7.37. The van der Waals surface area contributed by atoms with E-state index < -0.39 is 0 Å². The molecule has 4 heteroatoms. The molecular weight excluding hydrogens is 296 g/mol. The topological polar surface area (TPSA) is 46.3 Å². The highest BCUT2D eigenvalue weighted by Gasteiger charge is 2.30. The number of nitrogens with zero attached hydrogens (tertiary/aromatic N) is 1. The molecule has 2 unspecified atom stereocenters. The molecule has 1 saturated heterocycles. The summed E-state index contributed by atoms with van der Waals surface area (Å²) in [7, 11) is 0. The molecule has 2 N–H and O–H groups in total. The van der Waals surface area contributed by atoms with E-state index in [2.05, 4.69) is 13.8 Å². The van der Waals surface area contributed by atoms with Gasteiger partial charge in [-0.15, -0.1) is 12.4 Å². The summed E-state index contributed by atoms with van der Waals surface area (Å²) in [6.45, 7) is 8.27. The van der Waals surface area contributed by atoms with Crippen LogP contribution in [-0.4, -0.2) is 23.9 Å². The number of halogens is 1. The van der Waals surface area contributed by atoms with Gasteiger partial charge in [-0.3, -0.25) is 4.79 Å². The summed E-state index contributed by atoms with van der Waals surface area (Å²) < 4.78 is 0. The van der Waals surface area contributed by atoms with Crippen LogP contribution < -0.4 is 5.73 Å². The minimum absolute atomic E-state index is 0. The van der Waals surface area contributed by atoms with Crippen molar-refractivity contribution in [3.8, 4) is 0 Å². The van der Waals surface area contributed by atoms with Crippen LogP contribution in [0.2, 0.25) is 0 Å². The van der Waals surface area contributed by atoms with E-state index in [0.29, 0.717) is 5.92 Å². The third-order valence-electron chi connectivity index (χ3n) is 4.91. The molecule has 0 spiro atoms. The Bertz CT molecular complexity index is 455. The van der Waals surface area contributed by atoms with E-state index in [9.17, 15) is 4.79 Å². The first-order chi connectivity index (χ1) is 10.0. The highest BCUT2D eigenvalue weighted by Crippen LogP contribution is 2.27. The lowest BCUT2D eigenvalue weighted by Gasteiger charge is -2.36. The van der Waals surface area contributed by atoms with E-state index >= 15 is 0 Å². The third kappa shape index (κ3) is 4.47. The third-order valence-corrected chi connectivity index (χ3v) is 4.91. The molecule has 0 radical (unpaired) electrons.